The summed E-state index contributed by atoms with van der Waals surface area (Å²) < 4.78 is 0. The zero-order valence-corrected chi connectivity index (χ0v) is 14.9. The van der Waals surface area contributed by atoms with E-state index in [1.165, 1.54) is 0 Å². The van der Waals surface area contributed by atoms with Crippen LogP contribution in [-0.4, -0.2) is 55.3 Å². The molecule has 0 saturated carbocycles. The van der Waals surface area contributed by atoms with Gasteiger partial charge in [-0.2, -0.15) is 0 Å². The molecule has 1 fully saturated rings. The van der Waals surface area contributed by atoms with Crippen molar-refractivity contribution in [1.29, 1.82) is 0 Å². The minimum Gasteiger partial charge on any atom is -0.342 e. The number of benzene rings is 2. The number of likely N-dealkylation sites (tertiary alicyclic amines) is 1. The summed E-state index contributed by atoms with van der Waals surface area (Å²) in [4.78, 5) is 28.7. The number of rotatable bonds is 6. The monoisotopic (exact) mass is 339 g/mol. The maximum atomic E-state index is 12.6. The van der Waals surface area contributed by atoms with E-state index in [0.29, 0.717) is 13.0 Å². The Kier molecular flexibility index (Phi) is 5.34. The van der Waals surface area contributed by atoms with E-state index in [4.69, 9.17) is 0 Å². The number of anilines is 1. The van der Waals surface area contributed by atoms with Crippen molar-refractivity contribution in [3.63, 3.8) is 0 Å². The summed E-state index contributed by atoms with van der Waals surface area (Å²) in [5.74, 6) is -0.262. The molecule has 2 aromatic rings. The number of fused-ring (bicyclic) bond motifs is 1. The van der Waals surface area contributed by atoms with Crippen LogP contribution in [0.1, 0.15) is 12.8 Å². The Hall–Kier alpha value is -2.40. The maximum Gasteiger partial charge on any atom is 0.229 e. The maximum absolute atomic E-state index is 12.6. The summed E-state index contributed by atoms with van der Waals surface area (Å²) in [5, 5.41) is 5.13. The van der Waals surface area contributed by atoms with Crippen LogP contribution in [0, 0.1) is 5.92 Å². The third-order valence-corrected chi connectivity index (χ3v) is 4.67. The van der Waals surface area contributed by atoms with Gasteiger partial charge in [-0.15, -0.1) is 0 Å². The predicted octanol–water partition coefficient (Wildman–Crippen LogP) is 2.58. The quantitative estimate of drug-likeness (QED) is 0.880. The highest BCUT2D eigenvalue weighted by Crippen LogP contribution is 2.25. The normalized spacial score (nSPS) is 17.5. The van der Waals surface area contributed by atoms with Crippen LogP contribution in [0.2, 0.25) is 0 Å². The van der Waals surface area contributed by atoms with Crippen molar-refractivity contribution in [3.8, 4) is 0 Å². The van der Waals surface area contributed by atoms with Crippen molar-refractivity contribution in [2.75, 3.05) is 39.0 Å². The van der Waals surface area contributed by atoms with Crippen LogP contribution < -0.4 is 5.32 Å². The van der Waals surface area contributed by atoms with Gasteiger partial charge >= 0.3 is 0 Å². The summed E-state index contributed by atoms with van der Waals surface area (Å²) in [7, 11) is 4.04. The minimum atomic E-state index is -0.272. The van der Waals surface area contributed by atoms with E-state index in [9.17, 15) is 9.59 Å². The highest BCUT2D eigenvalue weighted by Gasteiger charge is 2.34. The van der Waals surface area contributed by atoms with E-state index in [1.807, 2.05) is 61.5 Å². The van der Waals surface area contributed by atoms with E-state index >= 15 is 0 Å². The third kappa shape index (κ3) is 4.17. The van der Waals surface area contributed by atoms with E-state index in [0.717, 1.165) is 36.0 Å². The first-order valence-corrected chi connectivity index (χ1v) is 8.76. The number of amides is 2. The molecule has 0 aliphatic carbocycles. The molecular weight excluding hydrogens is 314 g/mol. The number of hydrogen-bond acceptors (Lipinski definition) is 3. The average Bonchev–Trinajstić information content (AvgIpc) is 2.96. The molecule has 1 N–H and O–H groups in total. The number of nitrogens with zero attached hydrogens (tertiary/aromatic N) is 2. The van der Waals surface area contributed by atoms with Gasteiger partial charge in [0.05, 0.1) is 5.92 Å². The van der Waals surface area contributed by atoms with Gasteiger partial charge in [0.2, 0.25) is 11.8 Å². The lowest BCUT2D eigenvalue weighted by molar-refractivity contribution is -0.128. The van der Waals surface area contributed by atoms with Gasteiger partial charge in [-0.05, 0) is 38.5 Å². The van der Waals surface area contributed by atoms with Crippen molar-refractivity contribution in [2.45, 2.75) is 12.8 Å². The third-order valence-electron chi connectivity index (χ3n) is 4.67. The Morgan fingerprint density at radius 2 is 1.96 bits per heavy atom. The number of nitrogens with one attached hydrogen (secondary N) is 1. The molecule has 25 heavy (non-hydrogen) atoms. The SMILES string of the molecule is CN(C)CCCN1CC(C(=O)Nc2cccc3ccccc23)CC1=O. The molecule has 1 heterocycles. The topological polar surface area (TPSA) is 52.6 Å². The van der Waals surface area contributed by atoms with E-state index < -0.39 is 0 Å². The Balaban J connectivity index is 1.63. The second-order valence-corrected chi connectivity index (χ2v) is 6.91. The first-order valence-electron chi connectivity index (χ1n) is 8.76. The highest BCUT2D eigenvalue weighted by molar-refractivity contribution is 6.04. The van der Waals surface area contributed by atoms with Crippen LogP contribution in [0.5, 0.6) is 0 Å². The molecule has 3 rings (SSSR count). The summed E-state index contributed by atoms with van der Waals surface area (Å²) >= 11 is 0. The van der Waals surface area contributed by atoms with Crippen molar-refractivity contribution in [1.82, 2.24) is 9.80 Å². The van der Waals surface area contributed by atoms with Crippen molar-refractivity contribution in [2.24, 2.45) is 5.92 Å². The molecular formula is C20H25N3O2. The van der Waals surface area contributed by atoms with Gasteiger partial charge in [0, 0.05) is 30.6 Å². The van der Waals surface area contributed by atoms with Crippen LogP contribution >= 0.6 is 0 Å². The van der Waals surface area contributed by atoms with E-state index in [1.54, 1.807) is 0 Å². The van der Waals surface area contributed by atoms with Crippen molar-refractivity contribution >= 4 is 28.3 Å². The first-order chi connectivity index (χ1) is 12.0. The van der Waals surface area contributed by atoms with E-state index in [-0.39, 0.29) is 17.7 Å². The molecule has 5 nitrogen and oxygen atoms in total. The van der Waals surface area contributed by atoms with Crippen molar-refractivity contribution in [3.05, 3.63) is 42.5 Å². The first kappa shape index (κ1) is 17.4. The van der Waals surface area contributed by atoms with Gasteiger partial charge in [-0.1, -0.05) is 36.4 Å². The van der Waals surface area contributed by atoms with Crippen LogP contribution in [0.15, 0.2) is 42.5 Å². The molecule has 1 aliphatic rings. The van der Waals surface area contributed by atoms with Crippen LogP contribution in [-0.2, 0) is 9.59 Å². The summed E-state index contributed by atoms with van der Waals surface area (Å²) in [6, 6.07) is 13.8. The largest absolute Gasteiger partial charge is 0.342 e. The molecule has 0 spiro atoms. The molecule has 0 radical (unpaired) electrons. The van der Waals surface area contributed by atoms with Crippen LogP contribution in [0.25, 0.3) is 10.8 Å². The van der Waals surface area contributed by atoms with Gasteiger partial charge in [0.1, 0.15) is 0 Å². The van der Waals surface area contributed by atoms with Gasteiger partial charge in [0.25, 0.3) is 0 Å². The molecule has 0 aromatic heterocycles. The Morgan fingerprint density at radius 3 is 2.76 bits per heavy atom. The molecule has 1 saturated heterocycles. The minimum absolute atomic E-state index is 0.0696. The number of carbonyl (C=O) groups excluding carboxylic acids is 2. The second kappa shape index (κ2) is 7.66. The van der Waals surface area contributed by atoms with Gasteiger partial charge < -0.3 is 15.1 Å². The standard InChI is InChI=1S/C20H25N3O2/c1-22(2)11-6-12-23-14-16(13-19(23)24)20(25)21-18-10-5-8-15-7-3-4-9-17(15)18/h3-5,7-10,16H,6,11-14H2,1-2H3,(H,21,25). The summed E-state index contributed by atoms with van der Waals surface area (Å²) in [5.41, 5.74) is 0.807. The van der Waals surface area contributed by atoms with Gasteiger partial charge in [0.15, 0.2) is 0 Å². The number of carbonyl (C=O) groups is 2. The number of hydrogen-bond donors (Lipinski definition) is 1. The fraction of sp³-hybridized carbons (Fsp3) is 0.400. The summed E-state index contributed by atoms with van der Waals surface area (Å²) in [6.07, 6.45) is 1.23. The molecule has 1 atom stereocenters. The van der Waals surface area contributed by atoms with E-state index in [2.05, 4.69) is 10.2 Å². The fourth-order valence-electron chi connectivity index (χ4n) is 3.31. The molecule has 2 aromatic carbocycles. The Morgan fingerprint density at radius 1 is 1.20 bits per heavy atom. The average molecular weight is 339 g/mol. The Bertz CT molecular complexity index is 767. The molecule has 132 valence electrons. The fourth-order valence-corrected chi connectivity index (χ4v) is 3.31. The second-order valence-electron chi connectivity index (χ2n) is 6.91. The molecule has 0 bridgehead atoms. The predicted molar refractivity (Wildman–Crippen MR) is 100 cm³/mol. The lowest BCUT2D eigenvalue weighted by atomic mass is 10.1. The lowest BCUT2D eigenvalue weighted by Crippen LogP contribution is -2.30. The van der Waals surface area contributed by atoms with Gasteiger partial charge in [-0.3, -0.25) is 9.59 Å². The molecule has 5 heteroatoms. The lowest BCUT2D eigenvalue weighted by Gasteiger charge is -2.18. The summed E-state index contributed by atoms with van der Waals surface area (Å²) in [6.45, 7) is 2.18. The highest BCUT2D eigenvalue weighted by atomic mass is 16.2. The van der Waals surface area contributed by atoms with Crippen molar-refractivity contribution < 1.29 is 9.59 Å². The Labute approximate surface area is 148 Å². The molecule has 1 unspecified atom stereocenters. The van der Waals surface area contributed by atoms with Crippen LogP contribution in [0.4, 0.5) is 5.69 Å². The molecule has 1 aliphatic heterocycles. The smallest absolute Gasteiger partial charge is 0.229 e. The van der Waals surface area contributed by atoms with Gasteiger partial charge in [-0.25, -0.2) is 0 Å². The molecule has 2 amide bonds. The zero-order chi connectivity index (χ0) is 17.8. The zero-order valence-electron chi connectivity index (χ0n) is 14.9. The van der Waals surface area contributed by atoms with Crippen LogP contribution in [0.3, 0.4) is 0 Å².